The van der Waals surface area contributed by atoms with E-state index in [4.69, 9.17) is 0 Å². The quantitative estimate of drug-likeness (QED) is 0.444. The van der Waals surface area contributed by atoms with Crippen LogP contribution >= 0.6 is 0 Å². The summed E-state index contributed by atoms with van der Waals surface area (Å²) >= 11 is 0. The Morgan fingerprint density at radius 1 is 1.00 bits per heavy atom. The molecule has 0 fully saturated rings. The average Bonchev–Trinajstić information content (AvgIpc) is 2.79. The third-order valence-electron chi connectivity index (χ3n) is 4.82. The highest BCUT2D eigenvalue weighted by Crippen LogP contribution is 2.46. The van der Waals surface area contributed by atoms with Crippen molar-refractivity contribution in [2.75, 3.05) is 0 Å². The Kier molecular flexibility index (Phi) is 4.59. The van der Waals surface area contributed by atoms with E-state index < -0.39 is 16.1 Å². The highest BCUT2D eigenvalue weighted by Gasteiger charge is 2.39. The first-order chi connectivity index (χ1) is 9.83. The fourth-order valence-corrected chi connectivity index (χ4v) is 8.96. The van der Waals surface area contributed by atoms with Gasteiger partial charge in [0, 0.05) is 0 Å². The third-order valence-corrected chi connectivity index (χ3v) is 11.5. The summed E-state index contributed by atoms with van der Waals surface area (Å²) in [6, 6.07) is 11.4. The van der Waals surface area contributed by atoms with E-state index in [-0.39, 0.29) is 0 Å². The van der Waals surface area contributed by atoms with Gasteiger partial charge in [0.1, 0.15) is 0 Å². The van der Waals surface area contributed by atoms with Crippen LogP contribution in [-0.2, 0) is 0 Å². The minimum absolute atomic E-state index is 0.637. The predicted molar refractivity (Wildman–Crippen MR) is 102 cm³/mol. The van der Waals surface area contributed by atoms with E-state index in [1.807, 2.05) is 0 Å². The SMILES string of the molecule is C=CC[Si](C)(C)C1=C[C@H]([Si](C)(C)CC=C)c2ccccc21. The van der Waals surface area contributed by atoms with E-state index in [2.05, 4.69) is 81.8 Å². The summed E-state index contributed by atoms with van der Waals surface area (Å²) in [6.45, 7) is 17.9. The lowest BCUT2D eigenvalue weighted by molar-refractivity contribution is 1.14. The molecule has 0 saturated heterocycles. The van der Waals surface area contributed by atoms with Gasteiger partial charge < -0.3 is 0 Å². The van der Waals surface area contributed by atoms with Crippen LogP contribution in [-0.4, -0.2) is 16.1 Å². The Hall–Kier alpha value is -1.13. The molecule has 0 saturated carbocycles. The molecule has 1 aromatic rings. The van der Waals surface area contributed by atoms with Gasteiger partial charge in [-0.2, -0.15) is 0 Å². The molecule has 0 aliphatic heterocycles. The van der Waals surface area contributed by atoms with Crippen molar-refractivity contribution in [1.82, 2.24) is 0 Å². The maximum atomic E-state index is 3.98. The molecule has 1 atom stereocenters. The molecule has 1 aromatic carbocycles. The zero-order valence-corrected chi connectivity index (χ0v) is 15.9. The molecule has 0 bridgehead atoms. The van der Waals surface area contributed by atoms with Gasteiger partial charge >= 0.3 is 0 Å². The number of fused-ring (bicyclic) bond motifs is 1. The first-order valence-electron chi connectivity index (χ1n) is 7.87. The van der Waals surface area contributed by atoms with E-state index in [1.165, 1.54) is 11.6 Å². The van der Waals surface area contributed by atoms with E-state index in [0.29, 0.717) is 5.54 Å². The van der Waals surface area contributed by atoms with Gasteiger partial charge in [0.15, 0.2) is 0 Å². The van der Waals surface area contributed by atoms with Gasteiger partial charge in [-0.1, -0.05) is 73.9 Å². The zero-order chi connectivity index (χ0) is 15.7. The van der Waals surface area contributed by atoms with Gasteiger partial charge in [-0.05, 0) is 28.8 Å². The minimum atomic E-state index is -1.43. The van der Waals surface area contributed by atoms with Crippen molar-refractivity contribution >= 4 is 21.3 Å². The fraction of sp³-hybridized carbons (Fsp3) is 0.368. The van der Waals surface area contributed by atoms with Gasteiger partial charge in [0.2, 0.25) is 0 Å². The molecule has 0 heterocycles. The second kappa shape index (κ2) is 5.94. The number of hydrogen-bond donors (Lipinski definition) is 0. The highest BCUT2D eigenvalue weighted by molar-refractivity contribution is 6.95. The third kappa shape index (κ3) is 3.06. The van der Waals surface area contributed by atoms with E-state index in [0.717, 1.165) is 6.04 Å². The first-order valence-corrected chi connectivity index (χ1v) is 14.4. The lowest BCUT2D eigenvalue weighted by atomic mass is 10.1. The van der Waals surface area contributed by atoms with Crippen LogP contribution in [0.5, 0.6) is 0 Å². The van der Waals surface area contributed by atoms with Crippen LogP contribution in [0, 0.1) is 0 Å². The Bertz CT molecular complexity index is 579. The normalized spacial score (nSPS) is 18.1. The average molecular weight is 313 g/mol. The molecule has 112 valence electrons. The van der Waals surface area contributed by atoms with Gasteiger partial charge in [0.05, 0.1) is 16.1 Å². The summed E-state index contributed by atoms with van der Waals surface area (Å²) in [5.74, 6) is 0. The standard InChI is InChI=1S/C19H28Si2/c1-7-13-20(3,4)18-15-19(21(5,6)14-8-2)17-12-10-9-11-16(17)18/h7-12,15,18H,1-2,13-14H2,3-6H3/t18-/m0/s1. The second-order valence-corrected chi connectivity index (χ2v) is 17.2. The molecule has 2 heteroatoms. The molecule has 2 rings (SSSR count). The van der Waals surface area contributed by atoms with Crippen molar-refractivity contribution in [3.8, 4) is 0 Å². The van der Waals surface area contributed by atoms with E-state index in [1.54, 1.807) is 10.8 Å². The molecule has 0 N–H and O–H groups in total. The van der Waals surface area contributed by atoms with Gasteiger partial charge in [0.25, 0.3) is 0 Å². The topological polar surface area (TPSA) is 0 Å². The van der Waals surface area contributed by atoms with Gasteiger partial charge in [-0.15, -0.1) is 13.2 Å². The molecule has 0 amide bonds. The van der Waals surface area contributed by atoms with Crippen molar-refractivity contribution in [1.29, 1.82) is 0 Å². The Balaban J connectivity index is 2.53. The molecule has 1 aliphatic carbocycles. The summed E-state index contributed by atoms with van der Waals surface area (Å²) in [7, 11) is -2.79. The van der Waals surface area contributed by atoms with Crippen molar-refractivity contribution in [3.05, 3.63) is 66.8 Å². The molecule has 1 aliphatic rings. The smallest absolute Gasteiger partial charge is 0.0847 e. The summed E-state index contributed by atoms with van der Waals surface area (Å²) in [5, 5.41) is 1.65. The fourth-order valence-electron chi connectivity index (χ4n) is 3.57. The summed E-state index contributed by atoms with van der Waals surface area (Å²) < 4.78 is 0. The van der Waals surface area contributed by atoms with Crippen LogP contribution in [0.4, 0.5) is 0 Å². The maximum Gasteiger partial charge on any atom is 0.0847 e. The number of hydrogen-bond acceptors (Lipinski definition) is 0. The summed E-state index contributed by atoms with van der Waals surface area (Å²) in [4.78, 5) is 0. The minimum Gasteiger partial charge on any atom is -0.103 e. The Morgan fingerprint density at radius 2 is 1.62 bits per heavy atom. The molecular weight excluding hydrogens is 284 g/mol. The van der Waals surface area contributed by atoms with E-state index >= 15 is 0 Å². The second-order valence-electron chi connectivity index (χ2n) is 7.50. The molecule has 0 unspecified atom stereocenters. The van der Waals surface area contributed by atoms with Crippen LogP contribution in [0.3, 0.4) is 0 Å². The molecule has 21 heavy (non-hydrogen) atoms. The van der Waals surface area contributed by atoms with Crippen molar-refractivity contribution in [2.24, 2.45) is 0 Å². The predicted octanol–water partition coefficient (Wildman–Crippen LogP) is 6.03. The number of benzene rings is 1. The summed E-state index contributed by atoms with van der Waals surface area (Å²) in [6.07, 6.45) is 6.85. The lowest BCUT2D eigenvalue weighted by Crippen LogP contribution is -2.32. The molecule has 0 spiro atoms. The summed E-state index contributed by atoms with van der Waals surface area (Å²) in [5.41, 5.74) is 3.72. The van der Waals surface area contributed by atoms with E-state index in [9.17, 15) is 0 Å². The first kappa shape index (κ1) is 16.2. The van der Waals surface area contributed by atoms with Crippen LogP contribution in [0.25, 0.3) is 5.20 Å². The van der Waals surface area contributed by atoms with Crippen LogP contribution in [0.15, 0.2) is 55.7 Å². The monoisotopic (exact) mass is 312 g/mol. The van der Waals surface area contributed by atoms with Gasteiger partial charge in [-0.25, -0.2) is 0 Å². The zero-order valence-electron chi connectivity index (χ0n) is 13.9. The van der Waals surface area contributed by atoms with Crippen molar-refractivity contribution in [3.63, 3.8) is 0 Å². The van der Waals surface area contributed by atoms with Gasteiger partial charge in [-0.3, -0.25) is 0 Å². The van der Waals surface area contributed by atoms with Crippen LogP contribution < -0.4 is 0 Å². The Labute approximate surface area is 132 Å². The molecular formula is C19H28Si2. The van der Waals surface area contributed by atoms with Crippen molar-refractivity contribution in [2.45, 2.75) is 43.8 Å². The maximum absolute atomic E-state index is 3.98. The van der Waals surface area contributed by atoms with Crippen LogP contribution in [0.2, 0.25) is 38.3 Å². The Morgan fingerprint density at radius 3 is 2.24 bits per heavy atom. The molecule has 0 radical (unpaired) electrons. The van der Waals surface area contributed by atoms with Crippen molar-refractivity contribution < 1.29 is 0 Å². The molecule has 0 nitrogen and oxygen atoms in total. The molecule has 0 aromatic heterocycles. The largest absolute Gasteiger partial charge is 0.103 e. The highest BCUT2D eigenvalue weighted by atomic mass is 28.3. The van der Waals surface area contributed by atoms with Crippen LogP contribution in [0.1, 0.15) is 16.7 Å². The number of rotatable bonds is 6. The number of allylic oxidation sites excluding steroid dienone is 3. The lowest BCUT2D eigenvalue weighted by Gasteiger charge is -2.28.